The van der Waals surface area contributed by atoms with Gasteiger partial charge in [-0.2, -0.15) is 5.10 Å². The van der Waals surface area contributed by atoms with Gasteiger partial charge in [-0.3, -0.25) is 10.1 Å². The molecule has 3 aromatic carbocycles. The summed E-state index contributed by atoms with van der Waals surface area (Å²) in [6.07, 6.45) is 0.590. The fourth-order valence-electron chi connectivity index (χ4n) is 5.94. The summed E-state index contributed by atoms with van der Waals surface area (Å²) in [6, 6.07) is 24.0. The van der Waals surface area contributed by atoms with Gasteiger partial charge in [-0.1, -0.05) is 100 Å². The Morgan fingerprint density at radius 1 is 0.891 bits per heavy atom. The number of rotatable bonds is 13. The van der Waals surface area contributed by atoms with E-state index in [1.165, 1.54) is 0 Å². The Hall–Kier alpha value is -4.55. The number of hydrogen-bond donors (Lipinski definition) is 3. The predicted molar refractivity (Wildman–Crippen MR) is 224 cm³/mol. The normalized spacial score (nSPS) is 12.1. The van der Waals surface area contributed by atoms with Crippen molar-refractivity contribution in [2.24, 2.45) is 0 Å². The molecule has 0 aliphatic carbocycles. The van der Waals surface area contributed by atoms with E-state index in [1.807, 2.05) is 92.8 Å². The molecule has 10 nitrogen and oxygen atoms in total. The van der Waals surface area contributed by atoms with Crippen LogP contribution in [0.25, 0.3) is 5.69 Å². The van der Waals surface area contributed by atoms with Crippen molar-refractivity contribution in [3.05, 3.63) is 133 Å². The highest BCUT2D eigenvalue weighted by Crippen LogP contribution is 2.41. The van der Waals surface area contributed by atoms with Crippen LogP contribution in [0.1, 0.15) is 68.3 Å². The van der Waals surface area contributed by atoms with Crippen LogP contribution < -0.4 is 25.7 Å². The van der Waals surface area contributed by atoms with E-state index in [4.69, 9.17) is 37.8 Å². The van der Waals surface area contributed by atoms with Gasteiger partial charge in [0.1, 0.15) is 28.9 Å². The van der Waals surface area contributed by atoms with Gasteiger partial charge in [0, 0.05) is 40.4 Å². The summed E-state index contributed by atoms with van der Waals surface area (Å²) in [5.74, 6) is 1.46. The molecule has 0 aliphatic rings. The van der Waals surface area contributed by atoms with Gasteiger partial charge in [-0.05, 0) is 72.4 Å². The Bertz CT molecular complexity index is 2240. The van der Waals surface area contributed by atoms with Crippen LogP contribution in [0.5, 0.6) is 11.5 Å². The van der Waals surface area contributed by atoms with Crippen LogP contribution in [-0.2, 0) is 31.5 Å². The van der Waals surface area contributed by atoms with Crippen molar-refractivity contribution in [1.29, 1.82) is 0 Å². The predicted octanol–water partition coefficient (Wildman–Crippen LogP) is 9.42. The molecule has 0 radical (unpaired) electrons. The quantitative estimate of drug-likeness (QED) is 0.102. The summed E-state index contributed by atoms with van der Waals surface area (Å²) in [6.45, 7) is 16.7. The fourth-order valence-corrected chi connectivity index (χ4v) is 6.96. The van der Waals surface area contributed by atoms with Crippen molar-refractivity contribution in [2.45, 2.75) is 91.2 Å². The number of methoxy groups -OCH3 is 1. The topological polar surface area (TPSA) is 120 Å². The lowest BCUT2D eigenvalue weighted by molar-refractivity contribution is 0.251. The van der Waals surface area contributed by atoms with Gasteiger partial charge in [0.15, 0.2) is 8.32 Å². The number of ether oxygens (including phenoxy) is 2. The van der Waals surface area contributed by atoms with Crippen molar-refractivity contribution >= 4 is 43.4 Å². The van der Waals surface area contributed by atoms with Crippen molar-refractivity contribution in [3.63, 3.8) is 0 Å². The highest BCUT2D eigenvalue weighted by molar-refractivity contribution is 6.72. The van der Waals surface area contributed by atoms with Gasteiger partial charge < -0.3 is 24.2 Å². The number of anilines is 1. The molecule has 2 amide bonds. The summed E-state index contributed by atoms with van der Waals surface area (Å²) in [4.78, 5) is 37.8. The molecule has 292 valence electrons. The Balaban J connectivity index is 1.31. The second-order valence-electron chi connectivity index (χ2n) is 16.0. The zero-order chi connectivity index (χ0) is 40.3. The standard InChI is InChI=1S/C42H51Cl2N5O5Si/c1-27-20-35(38(44)39(50)48(27)25-29-15-12-13-17-34(29)53-7)54-26-30-16-11-10-14-28(30)24-45-40(51)46-37-22-36(41(2,3)4)47-49(37)32-18-19-33(43)31(21-32)23-42(5,6)55(8,9)52/h10-22,52H,23-26H2,1-9H3,(H2,45,46,51). The lowest BCUT2D eigenvalue weighted by Crippen LogP contribution is -2.40. The second-order valence-corrected chi connectivity index (χ2v) is 21.3. The first kappa shape index (κ1) is 41.6. The molecule has 5 aromatic rings. The van der Waals surface area contributed by atoms with Gasteiger partial charge in [0.25, 0.3) is 5.56 Å². The number of carbonyl (C=O) groups is 1. The third-order valence-corrected chi connectivity index (χ3v) is 14.4. The van der Waals surface area contributed by atoms with E-state index in [1.54, 1.807) is 22.4 Å². The highest BCUT2D eigenvalue weighted by Gasteiger charge is 2.38. The van der Waals surface area contributed by atoms with Gasteiger partial charge in [-0.25, -0.2) is 9.48 Å². The first-order valence-electron chi connectivity index (χ1n) is 18.2. The van der Waals surface area contributed by atoms with E-state index in [-0.39, 0.29) is 39.9 Å². The Labute approximate surface area is 334 Å². The zero-order valence-corrected chi connectivity index (χ0v) is 35.5. The van der Waals surface area contributed by atoms with E-state index in [0.29, 0.717) is 35.2 Å². The Morgan fingerprint density at radius 3 is 2.20 bits per heavy atom. The van der Waals surface area contributed by atoms with E-state index in [0.717, 1.165) is 33.6 Å². The van der Waals surface area contributed by atoms with Gasteiger partial charge >= 0.3 is 6.03 Å². The van der Waals surface area contributed by atoms with Crippen molar-refractivity contribution in [1.82, 2.24) is 19.7 Å². The molecule has 0 spiro atoms. The van der Waals surface area contributed by atoms with E-state index >= 15 is 0 Å². The van der Waals surface area contributed by atoms with Crippen LogP contribution in [0, 0.1) is 6.92 Å². The number of halogens is 2. The summed E-state index contributed by atoms with van der Waals surface area (Å²) in [5.41, 5.74) is 4.97. The largest absolute Gasteiger partial charge is 0.496 e. The molecule has 0 atom stereocenters. The second kappa shape index (κ2) is 16.7. The molecule has 0 unspecified atom stereocenters. The van der Waals surface area contributed by atoms with Crippen LogP contribution in [0.15, 0.2) is 83.7 Å². The molecule has 2 heterocycles. The molecule has 0 saturated carbocycles. The minimum absolute atomic E-state index is 0.0164. The number of para-hydroxylation sites is 1. The highest BCUT2D eigenvalue weighted by atomic mass is 35.5. The maximum Gasteiger partial charge on any atom is 0.320 e. The molecule has 13 heteroatoms. The first-order valence-corrected chi connectivity index (χ1v) is 21.9. The number of aryl methyl sites for hydroxylation is 1. The molecule has 0 saturated heterocycles. The minimum atomic E-state index is -2.51. The van der Waals surface area contributed by atoms with Crippen LogP contribution in [-0.4, -0.2) is 40.6 Å². The van der Waals surface area contributed by atoms with E-state index < -0.39 is 14.3 Å². The third-order valence-electron chi connectivity index (χ3n) is 10.2. The number of amides is 2. The summed E-state index contributed by atoms with van der Waals surface area (Å²) in [5, 5.41) is 11.1. The number of aromatic nitrogens is 3. The zero-order valence-electron chi connectivity index (χ0n) is 33.0. The van der Waals surface area contributed by atoms with E-state index in [9.17, 15) is 14.4 Å². The first-order chi connectivity index (χ1) is 25.8. The summed E-state index contributed by atoms with van der Waals surface area (Å²) >= 11 is 13.2. The monoisotopic (exact) mass is 803 g/mol. The molecule has 55 heavy (non-hydrogen) atoms. The maximum atomic E-state index is 13.5. The molecule has 0 bridgehead atoms. The summed E-state index contributed by atoms with van der Waals surface area (Å²) in [7, 11) is -0.911. The molecule has 2 aromatic heterocycles. The molecule has 5 rings (SSSR count). The average Bonchev–Trinajstić information content (AvgIpc) is 3.55. The Morgan fingerprint density at radius 2 is 1.55 bits per heavy atom. The summed E-state index contributed by atoms with van der Waals surface area (Å²) < 4.78 is 14.9. The lowest BCUT2D eigenvalue weighted by Gasteiger charge is -2.35. The number of nitrogens with zero attached hydrogens (tertiary/aromatic N) is 3. The molecule has 3 N–H and O–H groups in total. The minimum Gasteiger partial charge on any atom is -0.496 e. The molecule has 0 aliphatic heterocycles. The lowest BCUT2D eigenvalue weighted by atomic mass is 9.92. The van der Waals surface area contributed by atoms with Crippen molar-refractivity contribution < 1.29 is 19.1 Å². The van der Waals surface area contributed by atoms with Gasteiger partial charge in [0.05, 0.1) is 25.0 Å². The fraction of sp³-hybridized carbons (Fsp3) is 0.357. The number of carbonyl (C=O) groups excluding carboxylic acids is 1. The van der Waals surface area contributed by atoms with Crippen LogP contribution >= 0.6 is 23.2 Å². The van der Waals surface area contributed by atoms with Crippen LogP contribution in [0.3, 0.4) is 0 Å². The molecular formula is C42H51Cl2N5O5Si. The van der Waals surface area contributed by atoms with Crippen molar-refractivity contribution in [2.75, 3.05) is 12.4 Å². The number of pyridine rings is 1. The van der Waals surface area contributed by atoms with Crippen molar-refractivity contribution in [3.8, 4) is 17.2 Å². The SMILES string of the molecule is COc1ccccc1Cn1c(C)cc(OCc2ccccc2CNC(=O)Nc2cc(C(C)(C)C)nn2-c2ccc(Cl)c(CC(C)(C)[Si](C)(C)O)c2)c(Cl)c1=O. The maximum absolute atomic E-state index is 13.5. The third kappa shape index (κ3) is 9.82. The average molecular weight is 805 g/mol. The number of benzene rings is 3. The van der Waals surface area contributed by atoms with Gasteiger partial charge in [-0.15, -0.1) is 0 Å². The number of hydrogen-bond acceptors (Lipinski definition) is 6. The van der Waals surface area contributed by atoms with Gasteiger partial charge in [0.2, 0.25) is 0 Å². The van der Waals surface area contributed by atoms with Crippen LogP contribution in [0.2, 0.25) is 28.2 Å². The smallest absolute Gasteiger partial charge is 0.320 e. The Kier molecular flexibility index (Phi) is 12.6. The van der Waals surface area contributed by atoms with Crippen LogP contribution in [0.4, 0.5) is 10.6 Å². The number of nitrogens with one attached hydrogen (secondary N) is 2. The molecule has 0 fully saturated rings. The van der Waals surface area contributed by atoms with E-state index in [2.05, 4.69) is 45.3 Å². The molecular weight excluding hydrogens is 753 g/mol. The number of urea groups is 1.